The molecule has 0 bridgehead atoms. The molecule has 5 rings (SSSR count). The van der Waals surface area contributed by atoms with Crippen LogP contribution in [0.25, 0.3) is 10.2 Å². The topological polar surface area (TPSA) is 57.7 Å². The van der Waals surface area contributed by atoms with Crippen LogP contribution in [0.3, 0.4) is 0 Å². The van der Waals surface area contributed by atoms with Gasteiger partial charge in [0.1, 0.15) is 0 Å². The summed E-state index contributed by atoms with van der Waals surface area (Å²) in [6.45, 7) is 5.65. The van der Waals surface area contributed by atoms with E-state index in [0.29, 0.717) is 12.5 Å². The van der Waals surface area contributed by atoms with Gasteiger partial charge in [0.2, 0.25) is 5.91 Å². The third-order valence-corrected chi connectivity index (χ3v) is 7.26. The Morgan fingerprint density at radius 1 is 1.10 bits per heavy atom. The van der Waals surface area contributed by atoms with Crippen LogP contribution < -0.4 is 10.2 Å². The van der Waals surface area contributed by atoms with Crippen LogP contribution in [0.15, 0.2) is 48.5 Å². The largest absolute Gasteiger partial charge is 0.378 e. The molecule has 2 fully saturated rings. The molecule has 1 aromatic heterocycles. The lowest BCUT2D eigenvalue weighted by atomic mass is 9.99. The van der Waals surface area contributed by atoms with Crippen molar-refractivity contribution in [1.29, 1.82) is 0 Å². The van der Waals surface area contributed by atoms with Gasteiger partial charge in [-0.2, -0.15) is 0 Å². The van der Waals surface area contributed by atoms with Crippen LogP contribution in [0, 0.1) is 0 Å². The zero-order chi connectivity index (χ0) is 21.0. The molecule has 0 aliphatic carbocycles. The minimum absolute atomic E-state index is 0.0454. The molecule has 2 aromatic carbocycles. The third kappa shape index (κ3) is 4.89. The van der Waals surface area contributed by atoms with E-state index in [1.165, 1.54) is 15.4 Å². The Hall–Kier alpha value is -2.48. The number of anilines is 2. The molecule has 2 saturated heterocycles. The summed E-state index contributed by atoms with van der Waals surface area (Å²) in [4.78, 5) is 22.1. The number of nitrogens with one attached hydrogen (secondary N) is 1. The van der Waals surface area contributed by atoms with E-state index in [1.807, 2.05) is 18.2 Å². The van der Waals surface area contributed by atoms with E-state index in [1.54, 1.807) is 11.3 Å². The van der Waals surface area contributed by atoms with Crippen LogP contribution in [0.2, 0.25) is 0 Å². The highest BCUT2D eigenvalue weighted by Crippen LogP contribution is 2.32. The van der Waals surface area contributed by atoms with Gasteiger partial charge in [-0.25, -0.2) is 4.98 Å². The summed E-state index contributed by atoms with van der Waals surface area (Å²) in [5.41, 5.74) is 3.11. The first-order valence-corrected chi connectivity index (χ1v) is 11.9. The Bertz CT molecular complexity index is 996. The van der Waals surface area contributed by atoms with Gasteiger partial charge in [-0.15, -0.1) is 11.3 Å². The molecule has 1 N–H and O–H groups in total. The molecule has 7 heteroatoms. The molecule has 6 nitrogen and oxygen atoms in total. The first kappa shape index (κ1) is 20.4. The van der Waals surface area contributed by atoms with Crippen LogP contribution >= 0.6 is 11.3 Å². The Balaban J connectivity index is 1.16. The standard InChI is InChI=1S/C24H28N4O2S/c29-23(25-19-7-9-20(10-8-19)28-12-14-30-15-13-28)17-27-11-3-4-18(16-27)24-26-21-5-1-2-6-22(21)31-24/h1-2,5-10,18H,3-4,11-17H2,(H,25,29)/t18-/m1/s1. The number of fused-ring (bicyclic) bond motifs is 1. The summed E-state index contributed by atoms with van der Waals surface area (Å²) >= 11 is 1.79. The molecule has 2 aliphatic heterocycles. The molecule has 1 atom stereocenters. The molecule has 31 heavy (non-hydrogen) atoms. The number of piperidine rings is 1. The van der Waals surface area contributed by atoms with E-state index in [0.717, 1.165) is 63.4 Å². The third-order valence-electron chi connectivity index (χ3n) is 6.06. The summed E-state index contributed by atoms with van der Waals surface area (Å²) in [5.74, 6) is 0.454. The van der Waals surface area contributed by atoms with Crippen molar-refractivity contribution in [3.05, 3.63) is 53.5 Å². The van der Waals surface area contributed by atoms with Crippen molar-refractivity contribution in [2.24, 2.45) is 0 Å². The summed E-state index contributed by atoms with van der Waals surface area (Å²) in [6.07, 6.45) is 2.24. The van der Waals surface area contributed by atoms with E-state index in [9.17, 15) is 4.79 Å². The number of rotatable bonds is 5. The number of amides is 1. The number of benzene rings is 2. The van der Waals surface area contributed by atoms with Gasteiger partial charge in [0.25, 0.3) is 0 Å². The zero-order valence-corrected chi connectivity index (χ0v) is 18.4. The van der Waals surface area contributed by atoms with Gasteiger partial charge < -0.3 is 15.0 Å². The number of morpholine rings is 1. The zero-order valence-electron chi connectivity index (χ0n) is 17.6. The molecule has 0 spiro atoms. The van der Waals surface area contributed by atoms with Crippen molar-refractivity contribution < 1.29 is 9.53 Å². The first-order chi connectivity index (χ1) is 15.2. The van der Waals surface area contributed by atoms with Crippen molar-refractivity contribution in [3.8, 4) is 0 Å². The van der Waals surface area contributed by atoms with E-state index in [4.69, 9.17) is 9.72 Å². The van der Waals surface area contributed by atoms with E-state index in [2.05, 4.69) is 45.4 Å². The van der Waals surface area contributed by atoms with Crippen molar-refractivity contribution in [2.75, 3.05) is 56.2 Å². The lowest BCUT2D eigenvalue weighted by Crippen LogP contribution is -2.39. The number of carbonyl (C=O) groups is 1. The average Bonchev–Trinajstić information content (AvgIpc) is 3.25. The second-order valence-electron chi connectivity index (χ2n) is 8.29. The molecule has 0 radical (unpaired) electrons. The number of hydrogen-bond donors (Lipinski definition) is 1. The molecule has 1 amide bonds. The molecule has 3 aromatic rings. The number of likely N-dealkylation sites (tertiary alicyclic amines) is 1. The van der Waals surface area contributed by atoms with Crippen LogP contribution in [0.5, 0.6) is 0 Å². The normalized spacial score (nSPS) is 20.1. The van der Waals surface area contributed by atoms with E-state index in [-0.39, 0.29) is 5.91 Å². The lowest BCUT2D eigenvalue weighted by molar-refractivity contribution is -0.117. The first-order valence-electron chi connectivity index (χ1n) is 11.0. The van der Waals surface area contributed by atoms with Crippen molar-refractivity contribution in [1.82, 2.24) is 9.88 Å². The number of thiazole rings is 1. The number of para-hydroxylation sites is 1. The summed E-state index contributed by atoms with van der Waals surface area (Å²) in [5, 5.41) is 4.26. The van der Waals surface area contributed by atoms with Gasteiger partial charge in [-0.3, -0.25) is 9.69 Å². The van der Waals surface area contributed by atoms with E-state index >= 15 is 0 Å². The maximum atomic E-state index is 12.7. The molecule has 0 saturated carbocycles. The lowest BCUT2D eigenvalue weighted by Gasteiger charge is -2.31. The predicted molar refractivity (Wildman–Crippen MR) is 126 cm³/mol. The van der Waals surface area contributed by atoms with Crippen LogP contribution in [-0.2, 0) is 9.53 Å². The molecule has 162 valence electrons. The quantitative estimate of drug-likeness (QED) is 0.656. The second-order valence-corrected chi connectivity index (χ2v) is 9.35. The highest BCUT2D eigenvalue weighted by molar-refractivity contribution is 7.18. The highest BCUT2D eigenvalue weighted by atomic mass is 32.1. The number of aromatic nitrogens is 1. The predicted octanol–water partition coefficient (Wildman–Crippen LogP) is 3.95. The molecular formula is C24H28N4O2S. The maximum Gasteiger partial charge on any atom is 0.238 e. The van der Waals surface area contributed by atoms with Crippen LogP contribution in [0.4, 0.5) is 11.4 Å². The van der Waals surface area contributed by atoms with Crippen molar-refractivity contribution in [3.63, 3.8) is 0 Å². The minimum atomic E-state index is 0.0454. The molecule has 0 unspecified atom stereocenters. The second kappa shape index (κ2) is 9.34. The Kier molecular flexibility index (Phi) is 6.15. The van der Waals surface area contributed by atoms with Crippen LogP contribution in [0.1, 0.15) is 23.8 Å². The van der Waals surface area contributed by atoms with Gasteiger partial charge >= 0.3 is 0 Å². The minimum Gasteiger partial charge on any atom is -0.378 e. The summed E-state index contributed by atoms with van der Waals surface area (Å²) in [7, 11) is 0. The van der Waals surface area contributed by atoms with Gasteiger partial charge in [0.15, 0.2) is 0 Å². The number of carbonyl (C=O) groups excluding carboxylic acids is 1. The smallest absolute Gasteiger partial charge is 0.238 e. The monoisotopic (exact) mass is 436 g/mol. The maximum absolute atomic E-state index is 12.7. The number of hydrogen-bond acceptors (Lipinski definition) is 6. The SMILES string of the molecule is O=C(CN1CCC[C@@H](c2nc3ccccc3s2)C1)Nc1ccc(N2CCOCC2)cc1. The fourth-order valence-electron chi connectivity index (χ4n) is 4.45. The fourth-order valence-corrected chi connectivity index (χ4v) is 5.54. The number of nitrogens with zero attached hydrogens (tertiary/aromatic N) is 3. The van der Waals surface area contributed by atoms with E-state index < -0.39 is 0 Å². The Labute approximate surface area is 186 Å². The Morgan fingerprint density at radius 3 is 2.71 bits per heavy atom. The van der Waals surface area contributed by atoms with Crippen molar-refractivity contribution >= 4 is 38.8 Å². The summed E-state index contributed by atoms with van der Waals surface area (Å²) < 4.78 is 6.66. The van der Waals surface area contributed by atoms with Gasteiger partial charge in [0.05, 0.1) is 35.0 Å². The molecule has 3 heterocycles. The average molecular weight is 437 g/mol. The Morgan fingerprint density at radius 2 is 1.90 bits per heavy atom. The fraction of sp³-hybridized carbons (Fsp3) is 0.417. The van der Waals surface area contributed by atoms with Crippen molar-refractivity contribution in [2.45, 2.75) is 18.8 Å². The van der Waals surface area contributed by atoms with Gasteiger partial charge in [-0.05, 0) is 55.8 Å². The number of ether oxygens (including phenoxy) is 1. The summed E-state index contributed by atoms with van der Waals surface area (Å²) in [6, 6.07) is 16.4. The van der Waals surface area contributed by atoms with Crippen LogP contribution in [-0.4, -0.2) is 61.7 Å². The van der Waals surface area contributed by atoms with Gasteiger partial charge in [0, 0.05) is 36.9 Å². The highest BCUT2D eigenvalue weighted by Gasteiger charge is 2.25. The van der Waals surface area contributed by atoms with Gasteiger partial charge in [-0.1, -0.05) is 12.1 Å². The molecular weight excluding hydrogens is 408 g/mol. The molecule has 2 aliphatic rings.